The molecule has 0 spiro atoms. The second-order valence-corrected chi connectivity index (χ2v) is 10.7. The van der Waals surface area contributed by atoms with Gasteiger partial charge >= 0.3 is 6.03 Å². The van der Waals surface area contributed by atoms with Crippen molar-refractivity contribution in [1.29, 1.82) is 0 Å². The molecule has 1 saturated carbocycles. The fourth-order valence-corrected chi connectivity index (χ4v) is 5.26. The normalized spacial score (nSPS) is 13.1. The van der Waals surface area contributed by atoms with Crippen molar-refractivity contribution in [2.75, 3.05) is 23.8 Å². The number of ether oxygens (including phenoxy) is 1. The number of hydrogen-bond donors (Lipinski definition) is 2. The summed E-state index contributed by atoms with van der Waals surface area (Å²) in [6.45, 7) is 0. The van der Waals surface area contributed by atoms with Crippen molar-refractivity contribution in [2.45, 2.75) is 23.7 Å². The molecule has 5 rings (SSSR count). The number of sulfonamides is 1. The smallest absolute Gasteiger partial charge is 0.327 e. The topological polar surface area (TPSA) is 127 Å². The van der Waals surface area contributed by atoms with E-state index in [9.17, 15) is 13.2 Å². The first-order valence-electron chi connectivity index (χ1n) is 11.7. The molecule has 2 aromatic carbocycles. The van der Waals surface area contributed by atoms with Crippen LogP contribution < -0.4 is 19.7 Å². The van der Waals surface area contributed by atoms with Crippen LogP contribution in [0.1, 0.15) is 24.3 Å². The number of urea groups is 1. The Morgan fingerprint density at radius 1 is 1.16 bits per heavy atom. The van der Waals surface area contributed by atoms with E-state index in [0.717, 1.165) is 17.3 Å². The van der Waals surface area contributed by atoms with Crippen LogP contribution in [0.5, 0.6) is 5.75 Å². The number of nitrogens with one attached hydrogen (secondary N) is 2. The number of methoxy groups -OCH3 is 1. The Kier molecular flexibility index (Phi) is 6.96. The van der Waals surface area contributed by atoms with Gasteiger partial charge in [-0.05, 0) is 54.2 Å². The van der Waals surface area contributed by atoms with Crippen LogP contribution >= 0.6 is 11.6 Å². The van der Waals surface area contributed by atoms with E-state index < -0.39 is 16.1 Å². The van der Waals surface area contributed by atoms with E-state index in [1.165, 1.54) is 61.9 Å². The Morgan fingerprint density at radius 2 is 1.97 bits per heavy atom. The summed E-state index contributed by atoms with van der Waals surface area (Å²) in [5.41, 5.74) is 3.32. The summed E-state index contributed by atoms with van der Waals surface area (Å²) in [4.78, 5) is 18.4. The molecule has 196 valence electrons. The quantitative estimate of drug-likeness (QED) is 0.292. The predicted molar refractivity (Wildman–Crippen MR) is 144 cm³/mol. The minimum absolute atomic E-state index is 0.0307. The van der Waals surface area contributed by atoms with E-state index >= 15 is 0 Å². The molecule has 0 atom stereocenters. The Labute approximate surface area is 224 Å². The van der Waals surface area contributed by atoms with Crippen LogP contribution in [-0.2, 0) is 10.0 Å². The highest BCUT2D eigenvalue weighted by Gasteiger charge is 2.26. The number of hydrogen-bond acceptors (Lipinski definition) is 7. The van der Waals surface area contributed by atoms with Gasteiger partial charge in [-0.3, -0.25) is 4.72 Å². The maximum atomic E-state index is 13.0. The first-order valence-corrected chi connectivity index (χ1v) is 13.6. The Hall–Kier alpha value is -4.09. The number of amides is 2. The molecule has 0 bridgehead atoms. The summed E-state index contributed by atoms with van der Waals surface area (Å²) in [6, 6.07) is 15.2. The van der Waals surface area contributed by atoms with Crippen LogP contribution in [0.3, 0.4) is 0 Å². The van der Waals surface area contributed by atoms with Crippen LogP contribution in [-0.4, -0.2) is 38.7 Å². The number of nitrogens with zero attached hydrogens (tertiary/aromatic N) is 3. The molecule has 38 heavy (non-hydrogen) atoms. The molecule has 0 unspecified atom stereocenters. The van der Waals surface area contributed by atoms with Gasteiger partial charge in [-0.25, -0.2) is 23.1 Å². The molecule has 0 saturated heterocycles. The molecule has 2 heterocycles. The lowest BCUT2D eigenvalue weighted by Gasteiger charge is -2.24. The fourth-order valence-electron chi connectivity index (χ4n) is 4.05. The SMILES string of the molecule is CNC(=O)N(c1ccc(S(=O)(=O)Nc2ccon2)cn1)c1cc(Cl)c(-c2cccc(C3CC3)c2)cc1OC. The molecule has 1 fully saturated rings. The summed E-state index contributed by atoms with van der Waals surface area (Å²) >= 11 is 6.74. The summed E-state index contributed by atoms with van der Waals surface area (Å²) in [5, 5.41) is 6.54. The number of aromatic nitrogens is 2. The van der Waals surface area contributed by atoms with Crippen molar-refractivity contribution in [3.05, 3.63) is 77.6 Å². The van der Waals surface area contributed by atoms with E-state index in [2.05, 4.69) is 36.8 Å². The first kappa shape index (κ1) is 25.6. The van der Waals surface area contributed by atoms with Crippen molar-refractivity contribution in [1.82, 2.24) is 15.5 Å². The number of rotatable bonds is 8. The van der Waals surface area contributed by atoms with Crippen LogP contribution in [0.4, 0.5) is 22.1 Å². The number of carbonyl (C=O) groups excluding carboxylic acids is 1. The van der Waals surface area contributed by atoms with Gasteiger partial charge in [0.05, 0.1) is 17.8 Å². The molecule has 1 aliphatic carbocycles. The first-order chi connectivity index (χ1) is 18.3. The molecular weight excluding hydrogens is 530 g/mol. The fraction of sp³-hybridized carbons (Fsp3) is 0.192. The third kappa shape index (κ3) is 5.15. The maximum Gasteiger partial charge on any atom is 0.327 e. The van der Waals surface area contributed by atoms with E-state index in [-0.39, 0.29) is 16.5 Å². The predicted octanol–water partition coefficient (Wildman–Crippen LogP) is 5.55. The van der Waals surface area contributed by atoms with Gasteiger partial charge in [0, 0.05) is 24.9 Å². The number of anilines is 3. The molecule has 2 aromatic heterocycles. The molecule has 2 N–H and O–H groups in total. The number of halogens is 1. The lowest BCUT2D eigenvalue weighted by Crippen LogP contribution is -2.35. The van der Waals surface area contributed by atoms with Crippen LogP contribution in [0.15, 0.2) is 76.5 Å². The van der Waals surface area contributed by atoms with E-state index in [1.54, 1.807) is 12.1 Å². The number of pyridine rings is 1. The molecule has 1 aliphatic rings. The van der Waals surface area contributed by atoms with Gasteiger partial charge in [-0.2, -0.15) is 0 Å². The Balaban J connectivity index is 1.51. The van der Waals surface area contributed by atoms with Gasteiger partial charge in [0.15, 0.2) is 5.82 Å². The zero-order chi connectivity index (χ0) is 26.9. The van der Waals surface area contributed by atoms with Gasteiger partial charge in [0.25, 0.3) is 10.0 Å². The number of benzene rings is 2. The number of carbonyl (C=O) groups is 1. The average Bonchev–Trinajstić information content (AvgIpc) is 3.66. The minimum Gasteiger partial charge on any atom is -0.495 e. The monoisotopic (exact) mass is 553 g/mol. The van der Waals surface area contributed by atoms with Crippen molar-refractivity contribution < 1.29 is 22.5 Å². The largest absolute Gasteiger partial charge is 0.495 e. The standard InChI is InChI=1S/C26H24ClN5O5S/c1-28-26(33)32(25-9-8-19(15-29-25)38(34,35)31-24-10-11-37-30-24)22-14-21(27)20(13-23(22)36-2)18-5-3-4-17(12-18)16-6-7-16/h3-5,8-16H,6-7H2,1-2H3,(H,28,33)(H,30,31). The van der Waals surface area contributed by atoms with Crippen molar-refractivity contribution >= 4 is 45.0 Å². The van der Waals surface area contributed by atoms with Crippen molar-refractivity contribution in [3.63, 3.8) is 0 Å². The van der Waals surface area contributed by atoms with Crippen molar-refractivity contribution in [2.24, 2.45) is 0 Å². The third-order valence-electron chi connectivity index (χ3n) is 6.11. The summed E-state index contributed by atoms with van der Waals surface area (Å²) in [6.07, 6.45) is 4.75. The Morgan fingerprint density at radius 3 is 2.61 bits per heavy atom. The zero-order valence-corrected chi connectivity index (χ0v) is 22.1. The van der Waals surface area contributed by atoms with Gasteiger partial charge in [0.2, 0.25) is 0 Å². The summed E-state index contributed by atoms with van der Waals surface area (Å²) in [7, 11) is -1.01. The van der Waals surface area contributed by atoms with Gasteiger partial charge < -0.3 is 14.6 Å². The lowest BCUT2D eigenvalue weighted by molar-refractivity contribution is 0.250. The molecule has 2 amide bonds. The highest BCUT2D eigenvalue weighted by atomic mass is 35.5. The second kappa shape index (κ2) is 10.3. The van der Waals surface area contributed by atoms with Gasteiger partial charge in [-0.1, -0.05) is 41.0 Å². The van der Waals surface area contributed by atoms with E-state index in [1.807, 2.05) is 12.1 Å². The summed E-state index contributed by atoms with van der Waals surface area (Å²) in [5.74, 6) is 1.16. The highest BCUT2D eigenvalue weighted by molar-refractivity contribution is 7.92. The lowest BCUT2D eigenvalue weighted by atomic mass is 10.00. The molecule has 0 aliphatic heterocycles. The zero-order valence-electron chi connectivity index (χ0n) is 20.5. The maximum absolute atomic E-state index is 13.0. The second-order valence-electron chi connectivity index (χ2n) is 8.64. The van der Waals surface area contributed by atoms with Crippen LogP contribution in [0.2, 0.25) is 5.02 Å². The minimum atomic E-state index is -3.98. The third-order valence-corrected chi connectivity index (χ3v) is 7.76. The van der Waals surface area contributed by atoms with E-state index in [4.69, 9.17) is 16.3 Å². The van der Waals surface area contributed by atoms with E-state index in [0.29, 0.717) is 22.4 Å². The average molecular weight is 554 g/mol. The van der Waals surface area contributed by atoms with Crippen LogP contribution in [0, 0.1) is 0 Å². The molecule has 10 nitrogen and oxygen atoms in total. The highest BCUT2D eigenvalue weighted by Crippen LogP contribution is 2.44. The molecule has 12 heteroatoms. The van der Waals surface area contributed by atoms with Gasteiger partial charge in [-0.15, -0.1) is 0 Å². The molecule has 4 aromatic rings. The van der Waals surface area contributed by atoms with Crippen molar-refractivity contribution in [3.8, 4) is 16.9 Å². The molecule has 0 radical (unpaired) electrons. The molecular formula is C26H24ClN5O5S. The summed E-state index contributed by atoms with van der Waals surface area (Å²) < 4.78 is 37.9. The Bertz CT molecular complexity index is 1570. The van der Waals surface area contributed by atoms with Gasteiger partial charge in [0.1, 0.15) is 22.7 Å². The van der Waals surface area contributed by atoms with Crippen LogP contribution in [0.25, 0.3) is 11.1 Å².